The summed E-state index contributed by atoms with van der Waals surface area (Å²) < 4.78 is 234. The van der Waals surface area contributed by atoms with Gasteiger partial charge in [-0.25, -0.2) is 53.3 Å². The molecule has 1 aliphatic heterocycles. The number of hydrogen-bond donors (Lipinski definition) is 3. The summed E-state index contributed by atoms with van der Waals surface area (Å²) in [5, 5.41) is 0. The van der Waals surface area contributed by atoms with E-state index in [9.17, 15) is 50.2 Å². The largest absolute Gasteiger partial charge is 0.354 e. The van der Waals surface area contributed by atoms with Crippen molar-refractivity contribution >= 4 is 55.5 Å². The minimum absolute atomic E-state index is 0.122. The Hall–Kier alpha value is -6.38. The van der Waals surface area contributed by atoms with Gasteiger partial charge in [0, 0.05) is 44.3 Å². The van der Waals surface area contributed by atoms with Gasteiger partial charge in [-0.2, -0.15) is 0 Å². The first-order chi connectivity index (χ1) is 26.9. The lowest BCUT2D eigenvalue weighted by molar-refractivity contribution is 0.363. The number of hydrogen-bond acceptors (Lipinski definition) is 1. The molecule has 0 amide bonds. The van der Waals surface area contributed by atoms with Gasteiger partial charge in [-0.3, -0.25) is 0 Å². The number of halogens is 16. The van der Waals surface area contributed by atoms with Gasteiger partial charge in [0.05, 0.1) is 28.0 Å². The number of aromatic amines is 3. The average Bonchev–Trinajstić information content (AvgIpc) is 3.99. The van der Waals surface area contributed by atoms with Crippen LogP contribution in [0.25, 0.3) is 78.6 Å². The average molecular weight is 851 g/mol. The fourth-order valence-electron chi connectivity index (χ4n) is 6.57. The molecule has 0 atom stereocenters. The van der Waals surface area contributed by atoms with Crippen LogP contribution in [0.2, 0.25) is 0 Å². The molecular weight excluding hydrogens is 836 g/mol. The standard InChI is InChI=1S/C37H14F16N4S/c38-13-9-12(10-14(11-13)58(49,50,51,52)53)23-17-5-7-21(56-17)24(26-28(39)32(43)36(47)33(44)29(26)40)19-3-1-15(54-19)16-2-4-20(55-16)25(22-8-6-18(23)57-22)27-30(41)34(45)37(48)35(46)31(27)42/h1-11,54,56-57H. The molecule has 0 radical (unpaired) electrons. The third-order valence-corrected chi connectivity index (χ3v) is 10.2. The van der Waals surface area contributed by atoms with Crippen LogP contribution in [-0.4, -0.2) is 19.9 Å². The Morgan fingerprint density at radius 3 is 1.19 bits per heavy atom. The number of rotatable bonds is 4. The van der Waals surface area contributed by atoms with Crippen LogP contribution < -0.4 is 0 Å². The maximum atomic E-state index is 15.5. The molecule has 8 rings (SSSR count). The van der Waals surface area contributed by atoms with Crippen LogP contribution in [0.4, 0.5) is 67.7 Å². The van der Waals surface area contributed by atoms with Gasteiger partial charge in [0.2, 0.25) is 11.6 Å². The zero-order chi connectivity index (χ0) is 42.0. The highest BCUT2D eigenvalue weighted by atomic mass is 32.5. The zero-order valence-electron chi connectivity index (χ0n) is 27.8. The fourth-order valence-corrected chi connectivity index (χ4v) is 7.25. The molecule has 4 nitrogen and oxygen atoms in total. The van der Waals surface area contributed by atoms with Gasteiger partial charge in [0.1, 0.15) is 10.7 Å². The summed E-state index contributed by atoms with van der Waals surface area (Å²) in [6.45, 7) is 0. The minimum atomic E-state index is -10.7. The fraction of sp³-hybridized carbons (Fsp3) is 0. The summed E-state index contributed by atoms with van der Waals surface area (Å²) in [4.78, 5) is 9.10. The van der Waals surface area contributed by atoms with E-state index in [0.717, 1.165) is 48.6 Å². The molecule has 0 aliphatic carbocycles. The van der Waals surface area contributed by atoms with Crippen LogP contribution >= 0.6 is 10.2 Å². The third-order valence-electron chi connectivity index (χ3n) is 9.10. The molecule has 0 spiro atoms. The van der Waals surface area contributed by atoms with E-state index < -0.39 is 152 Å². The van der Waals surface area contributed by atoms with E-state index in [1.165, 1.54) is 0 Å². The van der Waals surface area contributed by atoms with Crippen molar-refractivity contribution in [1.82, 2.24) is 19.9 Å². The molecule has 1 aliphatic rings. The van der Waals surface area contributed by atoms with E-state index >= 15 is 17.6 Å². The lowest BCUT2D eigenvalue weighted by atomic mass is 10.0. The molecular formula is C37H14F16N4S. The molecule has 7 aromatic rings. The van der Waals surface area contributed by atoms with Crippen LogP contribution in [0.15, 0.2) is 59.5 Å². The second kappa shape index (κ2) is 12.1. The molecule has 21 heteroatoms. The van der Waals surface area contributed by atoms with Gasteiger partial charge in [0.25, 0.3) is 0 Å². The van der Waals surface area contributed by atoms with Crippen molar-refractivity contribution in [3.63, 3.8) is 0 Å². The van der Waals surface area contributed by atoms with Crippen molar-refractivity contribution in [2.75, 3.05) is 0 Å². The van der Waals surface area contributed by atoms with Gasteiger partial charge >= 0.3 is 10.2 Å². The van der Waals surface area contributed by atoms with E-state index in [1.54, 1.807) is 0 Å². The van der Waals surface area contributed by atoms with Crippen LogP contribution in [0.1, 0.15) is 11.4 Å². The van der Waals surface area contributed by atoms with Crippen molar-refractivity contribution in [2.24, 2.45) is 0 Å². The molecule has 300 valence electrons. The van der Waals surface area contributed by atoms with E-state index in [0.29, 0.717) is 6.07 Å². The quantitative estimate of drug-likeness (QED) is 0.0922. The van der Waals surface area contributed by atoms with Gasteiger partial charge < -0.3 is 15.0 Å². The van der Waals surface area contributed by atoms with E-state index in [1.807, 2.05) is 0 Å². The molecule has 3 aromatic carbocycles. The predicted molar refractivity (Wildman–Crippen MR) is 182 cm³/mol. The van der Waals surface area contributed by atoms with E-state index in [2.05, 4.69) is 19.9 Å². The second-order valence-corrected chi connectivity index (χ2v) is 15.1. The highest BCUT2D eigenvalue weighted by molar-refractivity contribution is 8.45. The highest BCUT2D eigenvalue weighted by Crippen LogP contribution is 3.02. The zero-order valence-corrected chi connectivity index (χ0v) is 28.6. The smallest absolute Gasteiger partial charge is 0.310 e. The molecule has 8 bridgehead atoms. The number of benzene rings is 3. The van der Waals surface area contributed by atoms with E-state index in [-0.39, 0.29) is 17.3 Å². The Morgan fingerprint density at radius 2 is 0.724 bits per heavy atom. The SMILES string of the molecule is Fc1cc(-c2c3ccc([nH]3)c(-c3c(F)c(F)c(F)c(F)c3F)c3nc(c4ccc([nH]4)c(-c4c(F)c(F)c(F)c(F)c4F)c4ccc2[nH]4)C=C3)cc(S(F)(F)(F)(F)F)c1. The monoisotopic (exact) mass is 850 g/mol. The predicted octanol–water partition coefficient (Wildman–Crippen LogP) is 13.9. The minimum Gasteiger partial charge on any atom is -0.354 e. The van der Waals surface area contributed by atoms with Gasteiger partial charge in [0.15, 0.2) is 46.5 Å². The van der Waals surface area contributed by atoms with Crippen LogP contribution in [0, 0.1) is 64.0 Å². The number of H-pyrrole nitrogens is 3. The normalized spacial score (nSPS) is 13.7. The number of nitrogens with one attached hydrogen (secondary N) is 3. The van der Waals surface area contributed by atoms with Crippen LogP contribution in [0.5, 0.6) is 0 Å². The van der Waals surface area contributed by atoms with Gasteiger partial charge in [-0.15, -0.1) is 0 Å². The first kappa shape index (κ1) is 38.5. The molecule has 5 heterocycles. The third kappa shape index (κ3) is 6.02. The Labute approximate surface area is 311 Å². The molecule has 58 heavy (non-hydrogen) atoms. The number of nitrogens with zero attached hydrogens (tertiary/aromatic N) is 1. The lowest BCUT2D eigenvalue weighted by Gasteiger charge is -2.40. The first-order valence-corrected chi connectivity index (χ1v) is 17.8. The Morgan fingerprint density at radius 1 is 0.362 bits per heavy atom. The molecule has 0 saturated carbocycles. The van der Waals surface area contributed by atoms with Crippen LogP contribution in [-0.2, 0) is 0 Å². The van der Waals surface area contributed by atoms with Crippen molar-refractivity contribution in [3.8, 4) is 33.4 Å². The van der Waals surface area contributed by atoms with Crippen molar-refractivity contribution in [3.05, 3.63) is 130 Å². The van der Waals surface area contributed by atoms with Crippen LogP contribution in [0.3, 0.4) is 0 Å². The van der Waals surface area contributed by atoms with Gasteiger partial charge in [-0.05, 0) is 72.3 Å². The van der Waals surface area contributed by atoms with Crippen molar-refractivity contribution < 1.29 is 67.7 Å². The Bertz CT molecular complexity index is 3070. The summed E-state index contributed by atoms with van der Waals surface area (Å²) in [7, 11) is -10.7. The summed E-state index contributed by atoms with van der Waals surface area (Å²) in [6.07, 6.45) is 2.14. The Balaban J connectivity index is 1.62. The summed E-state index contributed by atoms with van der Waals surface area (Å²) >= 11 is 0. The maximum absolute atomic E-state index is 15.5. The van der Waals surface area contributed by atoms with Crippen molar-refractivity contribution in [1.29, 1.82) is 0 Å². The number of fused-ring (bicyclic) bond motifs is 9. The maximum Gasteiger partial charge on any atom is 0.310 e. The number of aromatic nitrogens is 4. The topological polar surface area (TPSA) is 60.3 Å². The summed E-state index contributed by atoms with van der Waals surface area (Å²) in [6, 6.07) is 5.53. The molecule has 3 N–H and O–H groups in total. The molecule has 4 aromatic heterocycles. The molecule has 0 saturated heterocycles. The first-order valence-electron chi connectivity index (χ1n) is 15.9. The molecule has 0 fully saturated rings. The lowest BCUT2D eigenvalue weighted by Crippen LogP contribution is -2.06. The van der Waals surface area contributed by atoms with Crippen molar-refractivity contribution in [2.45, 2.75) is 4.90 Å². The van der Waals surface area contributed by atoms with E-state index in [4.69, 9.17) is 0 Å². The van der Waals surface area contributed by atoms with Gasteiger partial charge in [-0.1, -0.05) is 19.4 Å². The highest BCUT2D eigenvalue weighted by Gasteiger charge is 2.65. The molecule has 0 unspecified atom stereocenters. The second-order valence-electron chi connectivity index (χ2n) is 12.7. The Kier molecular flexibility index (Phi) is 8.01. The summed E-state index contributed by atoms with van der Waals surface area (Å²) in [5.74, 6) is -25.9. The summed E-state index contributed by atoms with van der Waals surface area (Å²) in [5.41, 5.74) is -9.99.